The first-order valence-electron chi connectivity index (χ1n) is 10.0. The molecule has 5 rings (SSSR count). The predicted octanol–water partition coefficient (Wildman–Crippen LogP) is 6.94. The van der Waals surface area contributed by atoms with Crippen LogP contribution in [0.15, 0.2) is 115 Å². The van der Waals surface area contributed by atoms with Crippen LogP contribution in [0.1, 0.15) is 45.9 Å². The van der Waals surface area contributed by atoms with Gasteiger partial charge in [-0.25, -0.2) is 0 Å². The number of rotatable bonds is 4. The Hall–Kier alpha value is -3.12. The zero-order chi connectivity index (χ0) is 18.8. The van der Waals surface area contributed by atoms with Crippen molar-refractivity contribution in [2.45, 2.75) is 23.7 Å². The predicted molar refractivity (Wildman–Crippen MR) is 116 cm³/mol. The van der Waals surface area contributed by atoms with Crippen LogP contribution < -0.4 is 0 Å². The van der Waals surface area contributed by atoms with Crippen molar-refractivity contribution in [2.75, 3.05) is 0 Å². The first-order valence-corrected chi connectivity index (χ1v) is 10.0. The molecule has 0 heterocycles. The molecule has 135 valence electrons. The van der Waals surface area contributed by atoms with E-state index in [9.17, 15) is 0 Å². The van der Waals surface area contributed by atoms with E-state index in [1.54, 1.807) is 0 Å². The second kappa shape index (κ2) is 7.48. The van der Waals surface area contributed by atoms with Crippen LogP contribution in [0.5, 0.6) is 0 Å². The summed E-state index contributed by atoms with van der Waals surface area (Å²) in [5.41, 5.74) is 5.71. The maximum Gasteiger partial charge on any atom is -0.00120 e. The van der Waals surface area contributed by atoms with E-state index >= 15 is 0 Å². The molecule has 0 bridgehead atoms. The molecule has 1 aliphatic rings. The molecule has 0 spiro atoms. The maximum atomic E-state index is 3.19. The van der Waals surface area contributed by atoms with Gasteiger partial charge in [0.25, 0.3) is 0 Å². The summed E-state index contributed by atoms with van der Waals surface area (Å²) in [5, 5.41) is 0. The van der Waals surface area contributed by atoms with Gasteiger partial charge in [-0.3, -0.25) is 0 Å². The van der Waals surface area contributed by atoms with E-state index < -0.39 is 0 Å². The van der Waals surface area contributed by atoms with E-state index in [1.165, 1.54) is 22.3 Å². The van der Waals surface area contributed by atoms with E-state index in [4.69, 9.17) is 0 Å². The minimum atomic E-state index is 0.463. The number of hydrogen-bond acceptors (Lipinski definition) is 0. The zero-order valence-corrected chi connectivity index (χ0v) is 15.8. The van der Waals surface area contributed by atoms with Gasteiger partial charge in [-0.15, -0.1) is 0 Å². The van der Waals surface area contributed by atoms with Crippen molar-refractivity contribution in [3.8, 4) is 0 Å². The Balaban J connectivity index is 1.67. The van der Waals surface area contributed by atoms with Crippen LogP contribution in [0.4, 0.5) is 0 Å². The molecule has 4 aromatic carbocycles. The highest BCUT2D eigenvalue weighted by atomic mass is 14.5. The molecule has 0 aliphatic heterocycles. The molecule has 1 radical (unpaired) electrons. The van der Waals surface area contributed by atoms with Crippen LogP contribution in [0.2, 0.25) is 0 Å². The average Bonchev–Trinajstić information content (AvgIpc) is 2.76. The van der Waals surface area contributed by atoms with Crippen LogP contribution in [-0.4, -0.2) is 0 Å². The van der Waals surface area contributed by atoms with Crippen LogP contribution in [-0.2, 0) is 0 Å². The second-order valence-electron chi connectivity index (χ2n) is 7.67. The molecule has 1 fully saturated rings. The van der Waals surface area contributed by atoms with Crippen molar-refractivity contribution in [1.29, 1.82) is 0 Å². The molecule has 1 aliphatic carbocycles. The van der Waals surface area contributed by atoms with Gasteiger partial charge in [0.1, 0.15) is 0 Å². The molecule has 0 amide bonds. The molecule has 0 aromatic heterocycles. The summed E-state index contributed by atoms with van der Waals surface area (Å²) < 4.78 is 0. The second-order valence-corrected chi connectivity index (χ2v) is 7.67. The Kier molecular flexibility index (Phi) is 4.54. The van der Waals surface area contributed by atoms with Crippen molar-refractivity contribution in [2.24, 2.45) is 0 Å². The Morgan fingerprint density at radius 1 is 0.357 bits per heavy atom. The van der Waals surface area contributed by atoms with Crippen LogP contribution >= 0.6 is 0 Å². The monoisotopic (exact) mass is 359 g/mol. The quantitative estimate of drug-likeness (QED) is 0.370. The fourth-order valence-electron chi connectivity index (χ4n) is 5.05. The fourth-order valence-corrected chi connectivity index (χ4v) is 5.05. The normalized spacial score (nSPS) is 23.7. The summed E-state index contributed by atoms with van der Waals surface area (Å²) in [5.74, 6) is 1.87. The average molecular weight is 359 g/mol. The summed E-state index contributed by atoms with van der Waals surface area (Å²) >= 11 is 0. The van der Waals surface area contributed by atoms with Gasteiger partial charge < -0.3 is 0 Å². The van der Waals surface area contributed by atoms with E-state index in [-0.39, 0.29) is 0 Å². The van der Waals surface area contributed by atoms with Gasteiger partial charge in [-0.05, 0) is 52.0 Å². The highest BCUT2D eigenvalue weighted by Crippen LogP contribution is 2.66. The summed E-state index contributed by atoms with van der Waals surface area (Å²) in [6.07, 6.45) is 0. The lowest BCUT2D eigenvalue weighted by atomic mass is 9.49. The van der Waals surface area contributed by atoms with E-state index in [2.05, 4.69) is 121 Å². The summed E-state index contributed by atoms with van der Waals surface area (Å²) in [6.45, 7) is 0. The Labute approximate surface area is 167 Å². The third-order valence-electron chi connectivity index (χ3n) is 6.23. The number of hydrogen-bond donors (Lipinski definition) is 0. The van der Waals surface area contributed by atoms with Gasteiger partial charge in [-0.2, -0.15) is 0 Å². The maximum absolute atomic E-state index is 3.19. The van der Waals surface area contributed by atoms with Crippen LogP contribution in [0.3, 0.4) is 0 Å². The first kappa shape index (κ1) is 17.0. The van der Waals surface area contributed by atoms with Crippen molar-refractivity contribution in [3.05, 3.63) is 144 Å². The molecule has 1 saturated carbocycles. The van der Waals surface area contributed by atoms with Crippen molar-refractivity contribution >= 4 is 0 Å². The lowest BCUT2D eigenvalue weighted by molar-refractivity contribution is 0.229. The smallest absolute Gasteiger partial charge is 0.00120 e. The number of benzene rings is 4. The molecule has 0 nitrogen and oxygen atoms in total. The Morgan fingerprint density at radius 3 is 0.964 bits per heavy atom. The van der Waals surface area contributed by atoms with Crippen LogP contribution in [0, 0.1) is 6.07 Å². The summed E-state index contributed by atoms with van der Waals surface area (Å²) in [7, 11) is 0. The molecule has 0 N–H and O–H groups in total. The van der Waals surface area contributed by atoms with E-state index in [1.807, 2.05) is 0 Å². The van der Waals surface area contributed by atoms with Gasteiger partial charge in [0.15, 0.2) is 0 Å². The van der Waals surface area contributed by atoms with Crippen molar-refractivity contribution < 1.29 is 0 Å². The van der Waals surface area contributed by atoms with Crippen molar-refractivity contribution in [3.63, 3.8) is 0 Å². The minimum absolute atomic E-state index is 0.463. The lowest BCUT2D eigenvalue weighted by Gasteiger charge is -2.53. The lowest BCUT2D eigenvalue weighted by Crippen LogP contribution is -2.40. The largest absolute Gasteiger partial charge is 0.0622 e. The third-order valence-corrected chi connectivity index (χ3v) is 6.23. The fraction of sp³-hybridized carbons (Fsp3) is 0.143. The molecule has 0 saturated heterocycles. The van der Waals surface area contributed by atoms with Crippen molar-refractivity contribution in [1.82, 2.24) is 0 Å². The van der Waals surface area contributed by atoms with Gasteiger partial charge >= 0.3 is 0 Å². The van der Waals surface area contributed by atoms with Gasteiger partial charge in [0, 0.05) is 0 Å². The van der Waals surface area contributed by atoms with E-state index in [0.717, 1.165) is 0 Å². The van der Waals surface area contributed by atoms with E-state index in [0.29, 0.717) is 23.7 Å². The highest BCUT2D eigenvalue weighted by molar-refractivity contribution is 5.47. The molecule has 2 atom stereocenters. The standard InChI is InChI=1S/C28H23/c1-5-13-21(14-6-1)25-26(22-15-7-2-8-16-22)28(24-19-11-4-12-20-24)27(25)23-17-9-3-10-18-23/h1-3,5-20,25-28H. The molecule has 2 unspecified atom stereocenters. The Bertz CT molecular complexity index is 825. The van der Waals surface area contributed by atoms with Gasteiger partial charge in [-0.1, -0.05) is 115 Å². The molecular formula is C28H23. The topological polar surface area (TPSA) is 0 Å². The SMILES string of the molecule is [c]1ccc(C2C(c3ccccc3)C(c3ccccc3)C2c2ccccc2)cc1. The van der Waals surface area contributed by atoms with Gasteiger partial charge in [0.05, 0.1) is 0 Å². The molecule has 4 aromatic rings. The zero-order valence-electron chi connectivity index (χ0n) is 15.8. The third kappa shape index (κ3) is 2.96. The molecule has 28 heavy (non-hydrogen) atoms. The first-order chi connectivity index (χ1) is 13.9. The molecular weight excluding hydrogens is 336 g/mol. The minimum Gasteiger partial charge on any atom is -0.0622 e. The van der Waals surface area contributed by atoms with Gasteiger partial charge in [0.2, 0.25) is 0 Å². The molecule has 0 heteroatoms. The summed E-state index contributed by atoms with van der Waals surface area (Å²) in [6, 6.07) is 44.9. The Morgan fingerprint density at radius 2 is 0.643 bits per heavy atom. The van der Waals surface area contributed by atoms with Crippen LogP contribution in [0.25, 0.3) is 0 Å². The highest BCUT2D eigenvalue weighted by Gasteiger charge is 2.52. The summed E-state index contributed by atoms with van der Waals surface area (Å²) in [4.78, 5) is 0.